The maximum Gasteiger partial charge on any atom is 0.408 e. The van der Waals surface area contributed by atoms with Crippen molar-refractivity contribution in [3.8, 4) is 5.75 Å². The van der Waals surface area contributed by atoms with Gasteiger partial charge >= 0.3 is 6.09 Å². The van der Waals surface area contributed by atoms with Gasteiger partial charge in [-0.2, -0.15) is 0 Å². The number of rotatable bonds is 9. The second-order valence-electron chi connectivity index (χ2n) is 10.8. The maximum atomic E-state index is 14.1. The Kier molecular flexibility index (Phi) is 10.3. The summed E-state index contributed by atoms with van der Waals surface area (Å²) in [6.07, 6.45) is -0.0642. The molecule has 0 aromatic heterocycles. The van der Waals surface area contributed by atoms with E-state index >= 15 is 0 Å². The number of carbonyl (C=O) groups excluding carboxylic acids is 3. The van der Waals surface area contributed by atoms with Gasteiger partial charge in [0.1, 0.15) is 23.4 Å². The van der Waals surface area contributed by atoms with E-state index in [0.717, 1.165) is 11.1 Å². The minimum absolute atomic E-state index is 0.0982. The van der Waals surface area contributed by atoms with Crippen LogP contribution in [0.4, 0.5) is 10.5 Å². The smallest absolute Gasteiger partial charge is 0.408 e. The van der Waals surface area contributed by atoms with E-state index in [2.05, 4.69) is 10.6 Å². The Morgan fingerprint density at radius 2 is 1.61 bits per heavy atom. The summed E-state index contributed by atoms with van der Waals surface area (Å²) in [7, 11) is 0. The van der Waals surface area contributed by atoms with Crippen molar-refractivity contribution >= 4 is 23.6 Å². The Hall–Kier alpha value is -3.55. The summed E-state index contributed by atoms with van der Waals surface area (Å²) >= 11 is 0. The number of nitrogens with zero attached hydrogens (tertiary/aromatic N) is 1. The number of phenols is 1. The second kappa shape index (κ2) is 12.8. The molecule has 2 rings (SSSR count). The van der Waals surface area contributed by atoms with Crippen LogP contribution in [-0.4, -0.2) is 46.1 Å². The third-order valence-electron chi connectivity index (χ3n) is 6.60. The van der Waals surface area contributed by atoms with Crippen LogP contribution >= 0.6 is 0 Å². The molecule has 38 heavy (non-hydrogen) atoms. The molecule has 2 aromatic rings. The van der Waals surface area contributed by atoms with Crippen molar-refractivity contribution in [1.29, 1.82) is 0 Å². The van der Waals surface area contributed by atoms with Gasteiger partial charge < -0.3 is 25.4 Å². The van der Waals surface area contributed by atoms with Gasteiger partial charge in [-0.05, 0) is 88.8 Å². The quantitative estimate of drug-likeness (QED) is 0.384. The second-order valence-corrected chi connectivity index (χ2v) is 10.8. The van der Waals surface area contributed by atoms with E-state index in [1.54, 1.807) is 46.8 Å². The number of aryl methyl sites for hydroxylation is 3. The molecule has 0 saturated carbocycles. The van der Waals surface area contributed by atoms with Crippen molar-refractivity contribution in [3.63, 3.8) is 0 Å². The molecule has 3 N–H and O–H groups in total. The lowest BCUT2D eigenvalue weighted by molar-refractivity contribution is -0.141. The SMILES string of the molecule is CCC(C)C(NC(=O)OC(C)(C)C)C(=O)N(CC)C(C(=O)Nc1c(C)cccc1C)c1ccc(O)c(C)c1. The number of amides is 3. The first-order valence-corrected chi connectivity index (χ1v) is 13.2. The zero-order valence-electron chi connectivity index (χ0n) is 24.1. The Morgan fingerprint density at radius 3 is 2.11 bits per heavy atom. The largest absolute Gasteiger partial charge is 0.508 e. The molecule has 8 nitrogen and oxygen atoms in total. The summed E-state index contributed by atoms with van der Waals surface area (Å²) in [5.74, 6) is -0.892. The minimum atomic E-state index is -1.00. The summed E-state index contributed by atoms with van der Waals surface area (Å²) in [4.78, 5) is 42.1. The molecule has 0 aliphatic heterocycles. The van der Waals surface area contributed by atoms with Crippen LogP contribution in [0.15, 0.2) is 36.4 Å². The first kappa shape index (κ1) is 30.7. The molecule has 0 radical (unpaired) electrons. The fraction of sp³-hybridized carbons (Fsp3) is 0.500. The number of likely N-dealkylation sites (N-methyl/N-ethyl adjacent to an activating group) is 1. The van der Waals surface area contributed by atoms with Crippen LogP contribution in [-0.2, 0) is 14.3 Å². The normalized spacial score (nSPS) is 13.7. The predicted molar refractivity (Wildman–Crippen MR) is 150 cm³/mol. The molecule has 0 aliphatic carbocycles. The molecule has 0 fully saturated rings. The fourth-order valence-corrected chi connectivity index (χ4v) is 4.29. The number of benzene rings is 2. The van der Waals surface area contributed by atoms with Gasteiger partial charge in [0.15, 0.2) is 0 Å². The van der Waals surface area contributed by atoms with Crippen molar-refractivity contribution < 1.29 is 24.2 Å². The number of ether oxygens (including phenoxy) is 1. The number of nitrogens with one attached hydrogen (secondary N) is 2. The van der Waals surface area contributed by atoms with Crippen molar-refractivity contribution in [3.05, 3.63) is 58.7 Å². The van der Waals surface area contributed by atoms with Gasteiger partial charge in [0.25, 0.3) is 5.91 Å². The number of anilines is 1. The van der Waals surface area contributed by atoms with Crippen LogP contribution in [0.25, 0.3) is 0 Å². The van der Waals surface area contributed by atoms with Crippen LogP contribution in [0.3, 0.4) is 0 Å². The van der Waals surface area contributed by atoms with E-state index in [0.29, 0.717) is 23.2 Å². The van der Waals surface area contributed by atoms with Crippen LogP contribution in [0.2, 0.25) is 0 Å². The molecule has 3 atom stereocenters. The molecule has 208 valence electrons. The summed E-state index contributed by atoms with van der Waals surface area (Å²) in [6.45, 7) is 16.7. The topological polar surface area (TPSA) is 108 Å². The summed E-state index contributed by atoms with van der Waals surface area (Å²) < 4.78 is 5.43. The number of alkyl carbamates (subject to hydrolysis) is 1. The highest BCUT2D eigenvalue weighted by Crippen LogP contribution is 2.30. The lowest BCUT2D eigenvalue weighted by Gasteiger charge is -2.35. The third kappa shape index (κ3) is 7.73. The van der Waals surface area contributed by atoms with E-state index in [1.165, 1.54) is 11.0 Å². The average molecular weight is 526 g/mol. The maximum absolute atomic E-state index is 14.1. The van der Waals surface area contributed by atoms with Crippen LogP contribution in [0.1, 0.15) is 76.3 Å². The first-order chi connectivity index (χ1) is 17.7. The molecule has 2 aromatic carbocycles. The van der Waals surface area contributed by atoms with E-state index in [1.807, 2.05) is 45.9 Å². The molecule has 8 heteroatoms. The highest BCUT2D eigenvalue weighted by atomic mass is 16.6. The zero-order chi connectivity index (χ0) is 28.8. The molecule has 0 spiro atoms. The highest BCUT2D eigenvalue weighted by molar-refractivity contribution is 6.00. The van der Waals surface area contributed by atoms with E-state index < -0.39 is 23.8 Å². The summed E-state index contributed by atoms with van der Waals surface area (Å²) in [6, 6.07) is 8.72. The lowest BCUT2D eigenvalue weighted by Crippen LogP contribution is -2.54. The van der Waals surface area contributed by atoms with Gasteiger partial charge in [0.05, 0.1) is 0 Å². The number of hydrogen-bond donors (Lipinski definition) is 3. The molecule has 0 bridgehead atoms. The van der Waals surface area contributed by atoms with Crippen molar-refractivity contribution in [2.75, 3.05) is 11.9 Å². The Bertz CT molecular complexity index is 1130. The van der Waals surface area contributed by atoms with Crippen LogP contribution in [0, 0.1) is 26.7 Å². The molecular weight excluding hydrogens is 482 g/mol. The number of carbonyl (C=O) groups is 3. The van der Waals surface area contributed by atoms with Gasteiger partial charge in [-0.15, -0.1) is 0 Å². The number of hydrogen-bond acceptors (Lipinski definition) is 5. The monoisotopic (exact) mass is 525 g/mol. The molecule has 0 heterocycles. The van der Waals surface area contributed by atoms with Gasteiger partial charge in [-0.3, -0.25) is 9.59 Å². The molecule has 3 unspecified atom stereocenters. The minimum Gasteiger partial charge on any atom is -0.508 e. The van der Waals surface area contributed by atoms with Gasteiger partial charge in [0, 0.05) is 12.2 Å². The van der Waals surface area contributed by atoms with E-state index in [4.69, 9.17) is 4.74 Å². The molecule has 0 aliphatic rings. The van der Waals surface area contributed by atoms with Crippen molar-refractivity contribution in [2.45, 2.75) is 86.4 Å². The van der Waals surface area contributed by atoms with Gasteiger partial charge in [-0.1, -0.05) is 44.5 Å². The predicted octanol–water partition coefficient (Wildman–Crippen LogP) is 5.79. The van der Waals surface area contributed by atoms with Crippen LogP contribution < -0.4 is 10.6 Å². The Labute approximate surface area is 226 Å². The zero-order valence-corrected chi connectivity index (χ0v) is 24.1. The van der Waals surface area contributed by atoms with Crippen LogP contribution in [0.5, 0.6) is 5.75 Å². The number of para-hydroxylation sites is 1. The molecule has 0 saturated heterocycles. The van der Waals surface area contributed by atoms with Crippen molar-refractivity contribution in [2.24, 2.45) is 5.92 Å². The Balaban J connectivity index is 2.55. The molecule has 3 amide bonds. The first-order valence-electron chi connectivity index (χ1n) is 13.2. The lowest BCUT2D eigenvalue weighted by atomic mass is 9.95. The van der Waals surface area contributed by atoms with E-state index in [-0.39, 0.29) is 30.0 Å². The number of aromatic hydroxyl groups is 1. The summed E-state index contributed by atoms with van der Waals surface area (Å²) in [5.41, 5.74) is 2.90. The Morgan fingerprint density at radius 1 is 1.00 bits per heavy atom. The molecular formula is C30H43N3O5. The van der Waals surface area contributed by atoms with Crippen molar-refractivity contribution in [1.82, 2.24) is 10.2 Å². The number of phenolic OH excluding ortho intramolecular Hbond substituents is 1. The summed E-state index contributed by atoms with van der Waals surface area (Å²) in [5, 5.41) is 15.9. The van der Waals surface area contributed by atoms with Gasteiger partial charge in [0.2, 0.25) is 5.91 Å². The third-order valence-corrected chi connectivity index (χ3v) is 6.60. The standard InChI is InChI=1S/C30H43N3O5/c1-10-18(3)25(32-29(37)38-30(7,8)9)28(36)33(11-2)26(22-15-16-23(34)21(6)17-22)27(35)31-24-19(4)13-12-14-20(24)5/h12-18,25-26,34H,10-11H2,1-9H3,(H,31,35)(H,32,37). The van der Waals surface area contributed by atoms with Gasteiger partial charge in [-0.25, -0.2) is 4.79 Å². The highest BCUT2D eigenvalue weighted by Gasteiger charge is 2.37. The average Bonchev–Trinajstić information content (AvgIpc) is 2.83. The fourth-order valence-electron chi connectivity index (χ4n) is 4.29. The van der Waals surface area contributed by atoms with E-state index in [9.17, 15) is 19.5 Å².